The number of carbonyl (C=O) groups excluding carboxylic acids is 2. The summed E-state index contributed by atoms with van der Waals surface area (Å²) < 4.78 is 0. The average Bonchev–Trinajstić information content (AvgIpc) is 3.32. The van der Waals surface area contributed by atoms with E-state index in [9.17, 15) is 9.59 Å². The summed E-state index contributed by atoms with van der Waals surface area (Å²) >= 11 is 0. The fraction of sp³-hybridized carbons (Fsp3) is 0.467. The molecule has 6 nitrogen and oxygen atoms in total. The van der Waals surface area contributed by atoms with E-state index in [2.05, 4.69) is 15.5 Å². The number of anilines is 1. The van der Waals surface area contributed by atoms with Crippen LogP contribution in [-0.2, 0) is 11.3 Å². The van der Waals surface area contributed by atoms with Crippen molar-refractivity contribution in [1.29, 1.82) is 0 Å². The molecule has 3 amide bonds. The van der Waals surface area contributed by atoms with Gasteiger partial charge in [-0.3, -0.25) is 10.1 Å². The minimum absolute atomic E-state index is 0.302. The Morgan fingerprint density at radius 3 is 2.43 bits per heavy atom. The van der Waals surface area contributed by atoms with Crippen LogP contribution in [0.3, 0.4) is 0 Å². The van der Waals surface area contributed by atoms with E-state index in [4.69, 9.17) is 5.73 Å². The fourth-order valence-corrected chi connectivity index (χ4v) is 2.31. The molecule has 1 fully saturated rings. The van der Waals surface area contributed by atoms with E-state index in [1.165, 1.54) is 7.05 Å². The summed E-state index contributed by atoms with van der Waals surface area (Å²) in [5.74, 6) is -0.302. The van der Waals surface area contributed by atoms with Gasteiger partial charge in [0.15, 0.2) is 0 Å². The number of rotatable bonds is 5. The van der Waals surface area contributed by atoms with Gasteiger partial charge in [-0.05, 0) is 37.5 Å². The van der Waals surface area contributed by atoms with Crippen LogP contribution in [0.15, 0.2) is 24.3 Å². The van der Waals surface area contributed by atoms with E-state index >= 15 is 0 Å². The molecule has 0 saturated heterocycles. The quantitative estimate of drug-likeness (QED) is 0.753. The second-order valence-electron chi connectivity index (χ2n) is 5.25. The number of benzene rings is 1. The number of nitrogens with two attached hydrogens (primary N) is 1. The van der Waals surface area contributed by atoms with Crippen LogP contribution in [0.1, 0.15) is 25.3 Å². The smallest absolute Gasteiger partial charge is 0.321 e. The number of amides is 3. The van der Waals surface area contributed by atoms with Crippen LogP contribution in [0.5, 0.6) is 0 Å². The molecule has 4 N–H and O–H groups in total. The number of hydrogen-bond acceptors (Lipinski definition) is 4. The van der Waals surface area contributed by atoms with Crippen molar-refractivity contribution in [2.45, 2.75) is 38.4 Å². The second kappa shape index (κ2) is 6.58. The molecule has 0 aromatic heterocycles. The Kier molecular flexibility index (Phi) is 4.80. The molecule has 0 bridgehead atoms. The lowest BCUT2D eigenvalue weighted by Crippen LogP contribution is -2.50. The maximum absolute atomic E-state index is 12.1. The molecule has 1 unspecified atom stereocenters. The largest absolute Gasteiger partial charge is 0.357 e. The van der Waals surface area contributed by atoms with Crippen LogP contribution in [-0.4, -0.2) is 31.1 Å². The van der Waals surface area contributed by atoms with Crippen molar-refractivity contribution in [1.82, 2.24) is 10.6 Å². The van der Waals surface area contributed by atoms with E-state index in [1.807, 2.05) is 31.2 Å². The molecule has 114 valence electrons. The average molecular weight is 290 g/mol. The molecule has 0 heterocycles. The van der Waals surface area contributed by atoms with Crippen molar-refractivity contribution >= 4 is 17.6 Å². The highest BCUT2D eigenvalue weighted by molar-refractivity contribution is 5.98. The maximum atomic E-state index is 12.1. The number of nitrogens with zero attached hydrogens (tertiary/aromatic N) is 1. The predicted molar refractivity (Wildman–Crippen MR) is 81.9 cm³/mol. The van der Waals surface area contributed by atoms with E-state index in [0.29, 0.717) is 12.6 Å². The molecule has 6 heteroatoms. The van der Waals surface area contributed by atoms with E-state index in [1.54, 1.807) is 0 Å². The van der Waals surface area contributed by atoms with Crippen LogP contribution in [0, 0.1) is 0 Å². The summed E-state index contributed by atoms with van der Waals surface area (Å²) in [6, 6.07) is 7.36. The first-order valence-electron chi connectivity index (χ1n) is 7.16. The van der Waals surface area contributed by atoms with E-state index in [0.717, 1.165) is 24.1 Å². The van der Waals surface area contributed by atoms with Crippen LogP contribution in [0.2, 0.25) is 0 Å². The topological polar surface area (TPSA) is 87.5 Å². The first kappa shape index (κ1) is 15.3. The zero-order valence-corrected chi connectivity index (χ0v) is 12.4. The summed E-state index contributed by atoms with van der Waals surface area (Å²) in [5, 5.41) is 4.72. The van der Waals surface area contributed by atoms with Crippen molar-refractivity contribution in [3.8, 4) is 0 Å². The molecular weight excluding hydrogens is 268 g/mol. The number of carbonyl (C=O) groups is 2. The van der Waals surface area contributed by atoms with Gasteiger partial charge in [0.2, 0.25) is 5.91 Å². The van der Waals surface area contributed by atoms with E-state index in [-0.39, 0.29) is 5.91 Å². The first-order valence-corrected chi connectivity index (χ1v) is 7.16. The van der Waals surface area contributed by atoms with Gasteiger partial charge in [-0.1, -0.05) is 12.1 Å². The Labute approximate surface area is 124 Å². The van der Waals surface area contributed by atoms with Crippen molar-refractivity contribution in [2.24, 2.45) is 5.73 Å². The Morgan fingerprint density at radius 1 is 1.33 bits per heavy atom. The lowest BCUT2D eigenvalue weighted by molar-refractivity contribution is -0.121. The fourth-order valence-electron chi connectivity index (χ4n) is 2.31. The predicted octanol–water partition coefficient (Wildman–Crippen LogP) is 0.958. The van der Waals surface area contributed by atoms with Gasteiger partial charge >= 0.3 is 6.03 Å². The zero-order valence-electron chi connectivity index (χ0n) is 12.4. The van der Waals surface area contributed by atoms with Crippen LogP contribution >= 0.6 is 0 Å². The molecule has 1 saturated carbocycles. The number of imide groups is 1. The molecule has 2 rings (SSSR count). The molecular formula is C15H22N4O2. The molecule has 0 radical (unpaired) electrons. The van der Waals surface area contributed by atoms with Crippen molar-refractivity contribution in [3.05, 3.63) is 29.8 Å². The highest BCUT2D eigenvalue weighted by Gasteiger charge is 2.35. The van der Waals surface area contributed by atoms with Crippen LogP contribution in [0.25, 0.3) is 0 Å². The number of nitrogens with one attached hydrogen (secondary N) is 2. The van der Waals surface area contributed by atoms with Gasteiger partial charge in [0, 0.05) is 25.3 Å². The molecule has 0 spiro atoms. The molecule has 21 heavy (non-hydrogen) atoms. The Hall–Kier alpha value is -2.08. The van der Waals surface area contributed by atoms with Gasteiger partial charge < -0.3 is 16.0 Å². The van der Waals surface area contributed by atoms with Crippen molar-refractivity contribution in [2.75, 3.05) is 11.9 Å². The third-order valence-corrected chi connectivity index (χ3v) is 3.67. The zero-order chi connectivity index (χ0) is 15.4. The monoisotopic (exact) mass is 290 g/mol. The lowest BCUT2D eigenvalue weighted by atomic mass is 10.1. The van der Waals surface area contributed by atoms with Gasteiger partial charge in [-0.15, -0.1) is 0 Å². The maximum Gasteiger partial charge on any atom is 0.321 e. The Bertz CT molecular complexity index is 511. The van der Waals surface area contributed by atoms with Crippen molar-refractivity contribution < 1.29 is 9.59 Å². The SMILES string of the molecule is CNC(=O)NC(=O)C(C)N(c1ccc(CN)cc1)C1CC1. The summed E-state index contributed by atoms with van der Waals surface area (Å²) in [6.45, 7) is 2.31. The third-order valence-electron chi connectivity index (χ3n) is 3.67. The lowest BCUT2D eigenvalue weighted by Gasteiger charge is -2.30. The summed E-state index contributed by atoms with van der Waals surface area (Å²) in [7, 11) is 1.48. The van der Waals surface area contributed by atoms with E-state index < -0.39 is 12.1 Å². The van der Waals surface area contributed by atoms with Crippen LogP contribution < -0.4 is 21.3 Å². The third kappa shape index (κ3) is 3.72. The van der Waals surface area contributed by atoms with Crippen molar-refractivity contribution in [3.63, 3.8) is 0 Å². The Balaban J connectivity index is 2.14. The second-order valence-corrected chi connectivity index (χ2v) is 5.25. The molecule has 1 aliphatic rings. The van der Waals surface area contributed by atoms with Gasteiger partial charge in [0.1, 0.15) is 6.04 Å². The summed E-state index contributed by atoms with van der Waals surface area (Å²) in [6.07, 6.45) is 2.13. The van der Waals surface area contributed by atoms with Gasteiger partial charge in [0.05, 0.1) is 0 Å². The van der Waals surface area contributed by atoms with Crippen LogP contribution in [0.4, 0.5) is 10.5 Å². The molecule has 1 atom stereocenters. The molecule has 1 aromatic carbocycles. The molecule has 1 aromatic rings. The molecule has 1 aliphatic carbocycles. The number of hydrogen-bond donors (Lipinski definition) is 3. The Morgan fingerprint density at radius 2 is 1.95 bits per heavy atom. The molecule has 0 aliphatic heterocycles. The normalized spacial score (nSPS) is 15.2. The highest BCUT2D eigenvalue weighted by atomic mass is 16.2. The van der Waals surface area contributed by atoms with Gasteiger partial charge in [-0.25, -0.2) is 4.79 Å². The number of urea groups is 1. The highest BCUT2D eigenvalue weighted by Crippen LogP contribution is 2.33. The van der Waals surface area contributed by atoms with Gasteiger partial charge in [0.25, 0.3) is 0 Å². The summed E-state index contributed by atoms with van der Waals surface area (Å²) in [4.78, 5) is 25.5. The minimum Gasteiger partial charge on any atom is -0.357 e. The first-order chi connectivity index (χ1) is 10.1. The van der Waals surface area contributed by atoms with Gasteiger partial charge in [-0.2, -0.15) is 0 Å². The standard InChI is InChI=1S/C15H22N4O2/c1-10(14(20)18-15(21)17-2)19(13-7-8-13)12-5-3-11(9-16)4-6-12/h3-6,10,13H,7-9,16H2,1-2H3,(H2,17,18,20,21). The minimum atomic E-state index is -0.485. The summed E-state index contributed by atoms with van der Waals surface area (Å²) in [5.41, 5.74) is 7.64.